The Balaban J connectivity index is 4.43. The van der Waals surface area contributed by atoms with Gasteiger partial charge in [0.1, 0.15) is 6.61 Å². The van der Waals surface area contributed by atoms with Gasteiger partial charge in [0.15, 0.2) is 12.1 Å². The van der Waals surface area contributed by atoms with E-state index in [9.17, 15) is 19.5 Å². The molecular weight excluding hydrogens is 642 g/mol. The number of quaternary nitrogens is 1. The first-order chi connectivity index (χ1) is 24.6. The Kier molecular flexibility index (Phi) is 32.6. The van der Waals surface area contributed by atoms with Crippen molar-refractivity contribution in [2.24, 2.45) is 0 Å². The van der Waals surface area contributed by atoms with Gasteiger partial charge in [0.05, 0.1) is 34.4 Å². The second kappa shape index (κ2) is 34.4. The summed E-state index contributed by atoms with van der Waals surface area (Å²) in [6.07, 6.45) is 38.8. The van der Waals surface area contributed by atoms with E-state index < -0.39 is 18.1 Å². The van der Waals surface area contributed by atoms with Gasteiger partial charge in [-0.1, -0.05) is 120 Å². The van der Waals surface area contributed by atoms with Crippen molar-refractivity contribution in [3.63, 3.8) is 0 Å². The van der Waals surface area contributed by atoms with E-state index >= 15 is 0 Å². The van der Waals surface area contributed by atoms with Gasteiger partial charge in [-0.05, 0) is 64.2 Å². The average molecular weight is 719 g/mol. The van der Waals surface area contributed by atoms with Crippen LogP contribution in [0.1, 0.15) is 155 Å². The minimum atomic E-state index is -0.886. The molecule has 8 heteroatoms. The van der Waals surface area contributed by atoms with Gasteiger partial charge in [0.25, 0.3) is 0 Å². The Hall–Kier alpha value is -2.71. The topological polar surface area (TPSA) is 99.1 Å². The highest BCUT2D eigenvalue weighted by Gasteiger charge is 2.31. The van der Waals surface area contributed by atoms with Crippen LogP contribution in [-0.2, 0) is 28.6 Å². The Labute approximate surface area is 312 Å². The van der Waals surface area contributed by atoms with Crippen LogP contribution in [0.15, 0.2) is 48.6 Å². The number of rotatable bonds is 35. The number of likely N-dealkylation sites (N-methyl/N-ethyl adjacent to an activating group) is 1. The van der Waals surface area contributed by atoms with Gasteiger partial charge in [0.2, 0.25) is 0 Å². The number of aliphatic carboxylic acids is 1. The Morgan fingerprint density at radius 1 is 0.608 bits per heavy atom. The molecular formula is C43H76NO7+. The summed E-state index contributed by atoms with van der Waals surface area (Å²) in [6.45, 7) is 4.53. The normalized spacial score (nSPS) is 13.5. The van der Waals surface area contributed by atoms with Gasteiger partial charge in [-0.15, -0.1) is 0 Å². The molecule has 0 bridgehead atoms. The second-order valence-electron chi connectivity index (χ2n) is 14.5. The molecule has 0 radical (unpaired) electrons. The van der Waals surface area contributed by atoms with Crippen molar-refractivity contribution in [1.29, 1.82) is 0 Å². The van der Waals surface area contributed by atoms with E-state index in [0.717, 1.165) is 57.8 Å². The van der Waals surface area contributed by atoms with E-state index in [2.05, 4.69) is 62.5 Å². The summed E-state index contributed by atoms with van der Waals surface area (Å²) in [7, 11) is 5.49. The predicted octanol–water partition coefficient (Wildman–Crippen LogP) is 10.5. The quantitative estimate of drug-likeness (QED) is 0.0301. The summed E-state index contributed by atoms with van der Waals surface area (Å²) < 4.78 is 17.1. The zero-order valence-corrected chi connectivity index (χ0v) is 33.3. The molecule has 0 saturated carbocycles. The molecule has 0 aromatic rings. The van der Waals surface area contributed by atoms with Crippen molar-refractivity contribution in [1.82, 2.24) is 0 Å². The van der Waals surface area contributed by atoms with Crippen LogP contribution in [0.3, 0.4) is 0 Å². The van der Waals surface area contributed by atoms with Crippen LogP contribution in [0.25, 0.3) is 0 Å². The molecule has 2 unspecified atom stereocenters. The zero-order chi connectivity index (χ0) is 37.8. The van der Waals surface area contributed by atoms with Gasteiger partial charge in [-0.2, -0.15) is 0 Å². The number of ether oxygens (including phenoxy) is 3. The first-order valence-corrected chi connectivity index (χ1v) is 20.2. The minimum Gasteiger partial charge on any atom is -0.477 e. The third-order valence-corrected chi connectivity index (χ3v) is 8.71. The fourth-order valence-electron chi connectivity index (χ4n) is 5.58. The molecule has 0 rings (SSSR count). The van der Waals surface area contributed by atoms with Crippen molar-refractivity contribution < 1.29 is 38.2 Å². The third-order valence-electron chi connectivity index (χ3n) is 8.71. The standard InChI is InChI=1S/C43H75NO7/c1-6-8-10-12-14-16-18-19-20-21-22-24-25-27-29-31-33-41(45)50-38-39(37-49-36-35-40(43(47)48)44(3,4)5)51-42(46)34-32-30-28-26-23-17-15-13-11-9-7-2/h9,11,15,17,20-21,26,28,39-40H,6-8,10,12-14,16,18-19,22-25,27,29-38H2,1-5H3/p+1/b11-9+,17-15+,21-20+,28-26+. The largest absolute Gasteiger partial charge is 0.477 e. The number of carboxylic acid groups (broad SMARTS) is 1. The number of esters is 2. The van der Waals surface area contributed by atoms with Gasteiger partial charge in [-0.25, -0.2) is 4.79 Å². The van der Waals surface area contributed by atoms with Crippen molar-refractivity contribution in [2.45, 2.75) is 167 Å². The summed E-state index contributed by atoms with van der Waals surface area (Å²) in [5.74, 6) is -1.55. The van der Waals surface area contributed by atoms with Crippen LogP contribution in [0.2, 0.25) is 0 Å². The number of nitrogens with zero attached hydrogens (tertiary/aromatic N) is 1. The Morgan fingerprint density at radius 3 is 1.71 bits per heavy atom. The molecule has 294 valence electrons. The fourth-order valence-corrected chi connectivity index (χ4v) is 5.58. The molecule has 0 fully saturated rings. The molecule has 0 aliphatic carbocycles. The SMILES string of the molecule is CC/C=C/C/C=C/C/C=C/CCCC(=O)OC(COCCC(C(=O)O)[N+](C)(C)C)COC(=O)CCCCCCC/C=C/CCCCCCCCC. The number of hydrogen-bond acceptors (Lipinski definition) is 6. The smallest absolute Gasteiger partial charge is 0.362 e. The number of carboxylic acids is 1. The number of allylic oxidation sites excluding steroid dienone is 8. The zero-order valence-electron chi connectivity index (χ0n) is 33.3. The molecule has 0 amide bonds. The first kappa shape index (κ1) is 48.3. The molecule has 0 saturated heterocycles. The molecule has 0 spiro atoms. The summed E-state index contributed by atoms with van der Waals surface area (Å²) in [6, 6.07) is -0.624. The lowest BCUT2D eigenvalue weighted by Gasteiger charge is -2.31. The average Bonchev–Trinajstić information content (AvgIpc) is 3.08. The van der Waals surface area contributed by atoms with Crippen molar-refractivity contribution in [3.8, 4) is 0 Å². The van der Waals surface area contributed by atoms with Crippen LogP contribution in [-0.4, -0.2) is 80.6 Å². The molecule has 0 aliphatic heterocycles. The third kappa shape index (κ3) is 32.9. The van der Waals surface area contributed by atoms with Crippen molar-refractivity contribution in [3.05, 3.63) is 48.6 Å². The van der Waals surface area contributed by atoms with Crippen LogP contribution in [0.5, 0.6) is 0 Å². The van der Waals surface area contributed by atoms with Crippen molar-refractivity contribution in [2.75, 3.05) is 41.0 Å². The minimum absolute atomic E-state index is 0.0374. The maximum Gasteiger partial charge on any atom is 0.362 e. The summed E-state index contributed by atoms with van der Waals surface area (Å²) in [4.78, 5) is 36.8. The highest BCUT2D eigenvalue weighted by atomic mass is 16.6. The molecule has 0 aromatic carbocycles. The van der Waals surface area contributed by atoms with E-state index in [1.54, 1.807) is 0 Å². The second-order valence-corrected chi connectivity index (χ2v) is 14.5. The van der Waals surface area contributed by atoms with Crippen molar-refractivity contribution >= 4 is 17.9 Å². The van der Waals surface area contributed by atoms with E-state index in [4.69, 9.17) is 14.2 Å². The summed E-state index contributed by atoms with van der Waals surface area (Å²) >= 11 is 0. The van der Waals surface area contributed by atoms with Crippen LogP contribution < -0.4 is 0 Å². The van der Waals surface area contributed by atoms with E-state index in [1.807, 2.05) is 21.1 Å². The molecule has 8 nitrogen and oxygen atoms in total. The predicted molar refractivity (Wildman–Crippen MR) is 211 cm³/mol. The summed E-state index contributed by atoms with van der Waals surface area (Å²) in [5, 5.41) is 9.58. The van der Waals surface area contributed by atoms with E-state index in [-0.39, 0.29) is 42.7 Å². The van der Waals surface area contributed by atoms with Crippen LogP contribution >= 0.6 is 0 Å². The highest BCUT2D eigenvalue weighted by Crippen LogP contribution is 2.12. The highest BCUT2D eigenvalue weighted by molar-refractivity contribution is 5.72. The number of carbonyl (C=O) groups excluding carboxylic acids is 2. The van der Waals surface area contributed by atoms with Gasteiger partial charge in [-0.3, -0.25) is 9.59 Å². The molecule has 0 heterocycles. The lowest BCUT2D eigenvalue weighted by atomic mass is 10.1. The number of unbranched alkanes of at least 4 members (excludes halogenated alkanes) is 13. The molecule has 0 aromatic heterocycles. The molecule has 51 heavy (non-hydrogen) atoms. The van der Waals surface area contributed by atoms with Crippen LogP contribution in [0, 0.1) is 0 Å². The first-order valence-electron chi connectivity index (χ1n) is 20.2. The Morgan fingerprint density at radius 2 is 1.12 bits per heavy atom. The molecule has 0 aliphatic rings. The number of carbonyl (C=O) groups is 3. The lowest BCUT2D eigenvalue weighted by Crippen LogP contribution is -2.50. The van der Waals surface area contributed by atoms with Gasteiger partial charge < -0.3 is 23.8 Å². The Bertz CT molecular complexity index is 979. The monoisotopic (exact) mass is 719 g/mol. The van der Waals surface area contributed by atoms with E-state index in [1.165, 1.54) is 57.8 Å². The van der Waals surface area contributed by atoms with Gasteiger partial charge in [0, 0.05) is 19.3 Å². The molecule has 2 atom stereocenters. The van der Waals surface area contributed by atoms with Crippen LogP contribution in [0.4, 0.5) is 0 Å². The molecule has 1 N–H and O–H groups in total. The maximum atomic E-state index is 12.6. The van der Waals surface area contributed by atoms with Gasteiger partial charge >= 0.3 is 17.9 Å². The van der Waals surface area contributed by atoms with E-state index in [0.29, 0.717) is 19.3 Å². The summed E-state index contributed by atoms with van der Waals surface area (Å²) in [5.41, 5.74) is 0. The lowest BCUT2D eigenvalue weighted by molar-refractivity contribution is -0.887. The number of hydrogen-bond donors (Lipinski definition) is 1. The fraction of sp³-hybridized carbons (Fsp3) is 0.744. The maximum absolute atomic E-state index is 12.6.